The maximum absolute atomic E-state index is 12.3. The van der Waals surface area contributed by atoms with E-state index in [-0.39, 0.29) is 24.2 Å². The van der Waals surface area contributed by atoms with E-state index in [4.69, 9.17) is 0 Å². The quantitative estimate of drug-likeness (QED) is 0.742. The zero-order chi connectivity index (χ0) is 12.6. The zero-order valence-corrected chi connectivity index (χ0v) is 10.1. The van der Waals surface area contributed by atoms with Crippen LogP contribution in [0, 0.1) is 0 Å². The Balaban J connectivity index is 2.58. The molecule has 1 heterocycles. The van der Waals surface area contributed by atoms with Crippen LogP contribution in [0.4, 0.5) is 0 Å². The first kappa shape index (κ1) is 11.6. The summed E-state index contributed by atoms with van der Waals surface area (Å²) in [6.45, 7) is 7.68. The van der Waals surface area contributed by atoms with Crippen molar-refractivity contribution in [3.05, 3.63) is 47.7 Å². The van der Waals surface area contributed by atoms with Crippen LogP contribution in [-0.4, -0.2) is 22.6 Å². The van der Waals surface area contributed by atoms with Crippen molar-refractivity contribution in [1.29, 1.82) is 0 Å². The van der Waals surface area contributed by atoms with E-state index in [0.717, 1.165) is 0 Å². The molecule has 1 aromatic carbocycles. The predicted molar refractivity (Wildman–Crippen MR) is 65.8 cm³/mol. The van der Waals surface area contributed by atoms with Gasteiger partial charge in [0.05, 0.1) is 12.0 Å². The molecule has 0 unspecified atom stereocenters. The topological polar surface area (TPSA) is 37.4 Å². The lowest BCUT2D eigenvalue weighted by atomic mass is 10.0. The van der Waals surface area contributed by atoms with Gasteiger partial charge in [0, 0.05) is 17.3 Å². The van der Waals surface area contributed by atoms with Gasteiger partial charge in [-0.15, -0.1) is 0 Å². The first-order valence-corrected chi connectivity index (χ1v) is 5.66. The molecule has 1 aromatic rings. The Morgan fingerprint density at radius 3 is 2.35 bits per heavy atom. The van der Waals surface area contributed by atoms with E-state index in [9.17, 15) is 9.59 Å². The lowest BCUT2D eigenvalue weighted by Crippen LogP contribution is -2.35. The molecule has 0 saturated carbocycles. The van der Waals surface area contributed by atoms with Gasteiger partial charge in [0.25, 0.3) is 5.91 Å². The Morgan fingerprint density at radius 1 is 1.18 bits per heavy atom. The molecule has 1 aliphatic rings. The number of hydrogen-bond acceptors (Lipinski definition) is 2. The molecule has 0 N–H and O–H groups in total. The van der Waals surface area contributed by atoms with Crippen molar-refractivity contribution >= 4 is 11.7 Å². The highest BCUT2D eigenvalue weighted by Crippen LogP contribution is 2.25. The predicted octanol–water partition coefficient (Wildman–Crippen LogP) is 2.64. The molecule has 0 spiro atoms. The average Bonchev–Trinajstić information content (AvgIpc) is 2.36. The number of allylic oxidation sites excluding steroid dienone is 1. The first-order chi connectivity index (χ1) is 8.02. The second kappa shape index (κ2) is 4.17. The van der Waals surface area contributed by atoms with Crippen LogP contribution < -0.4 is 0 Å². The molecule has 0 bridgehead atoms. The van der Waals surface area contributed by atoms with Crippen LogP contribution in [-0.2, 0) is 0 Å². The largest absolute Gasteiger partial charge is 0.310 e. The molecule has 2 rings (SSSR count). The van der Waals surface area contributed by atoms with Gasteiger partial charge in [0.2, 0.25) is 0 Å². The van der Waals surface area contributed by atoms with Crippen LogP contribution in [0.2, 0.25) is 0 Å². The molecule has 17 heavy (non-hydrogen) atoms. The fourth-order valence-corrected chi connectivity index (χ4v) is 2.15. The van der Waals surface area contributed by atoms with Crippen molar-refractivity contribution in [2.24, 2.45) is 0 Å². The summed E-state index contributed by atoms with van der Waals surface area (Å²) < 4.78 is 0. The van der Waals surface area contributed by atoms with Gasteiger partial charge >= 0.3 is 0 Å². The first-order valence-electron chi connectivity index (χ1n) is 5.66. The van der Waals surface area contributed by atoms with Gasteiger partial charge in [-0.3, -0.25) is 9.59 Å². The summed E-state index contributed by atoms with van der Waals surface area (Å²) >= 11 is 0. The van der Waals surface area contributed by atoms with Gasteiger partial charge in [-0.05, 0) is 19.9 Å². The molecule has 3 heteroatoms. The van der Waals surface area contributed by atoms with Gasteiger partial charge in [-0.25, -0.2) is 0 Å². The highest BCUT2D eigenvalue weighted by molar-refractivity contribution is 6.11. The van der Waals surface area contributed by atoms with Crippen molar-refractivity contribution < 1.29 is 9.59 Å². The van der Waals surface area contributed by atoms with Gasteiger partial charge in [0.15, 0.2) is 5.78 Å². The third-order valence-electron chi connectivity index (χ3n) is 2.90. The van der Waals surface area contributed by atoms with Crippen LogP contribution in [0.15, 0.2) is 36.5 Å². The van der Waals surface area contributed by atoms with Crippen LogP contribution in [0.1, 0.15) is 41.0 Å². The monoisotopic (exact) mass is 229 g/mol. The second-order valence-electron chi connectivity index (χ2n) is 4.48. The summed E-state index contributed by atoms with van der Waals surface area (Å²) in [5, 5.41) is 0. The third kappa shape index (κ3) is 1.88. The van der Waals surface area contributed by atoms with Crippen molar-refractivity contribution in [3.63, 3.8) is 0 Å². The van der Waals surface area contributed by atoms with Gasteiger partial charge in [-0.1, -0.05) is 24.8 Å². The van der Waals surface area contributed by atoms with E-state index >= 15 is 0 Å². The van der Waals surface area contributed by atoms with Gasteiger partial charge < -0.3 is 4.90 Å². The summed E-state index contributed by atoms with van der Waals surface area (Å²) in [6, 6.07) is 6.96. The van der Waals surface area contributed by atoms with Crippen molar-refractivity contribution in [2.45, 2.75) is 26.3 Å². The molecular weight excluding hydrogens is 214 g/mol. The van der Waals surface area contributed by atoms with Gasteiger partial charge in [0.1, 0.15) is 0 Å². The van der Waals surface area contributed by atoms with E-state index in [0.29, 0.717) is 16.8 Å². The Kier molecular flexibility index (Phi) is 2.84. The zero-order valence-electron chi connectivity index (χ0n) is 10.1. The number of Topliss-reactive ketones (excluding diaryl/α,β-unsaturated/α-hetero) is 1. The molecule has 88 valence electrons. The van der Waals surface area contributed by atoms with Crippen LogP contribution in [0.5, 0.6) is 0 Å². The second-order valence-corrected chi connectivity index (χ2v) is 4.48. The molecule has 0 aromatic heterocycles. The molecule has 1 amide bonds. The van der Waals surface area contributed by atoms with Crippen molar-refractivity contribution in [3.8, 4) is 0 Å². The van der Waals surface area contributed by atoms with Crippen LogP contribution in [0.25, 0.3) is 0 Å². The minimum atomic E-state index is -0.133. The fourth-order valence-electron chi connectivity index (χ4n) is 2.15. The maximum Gasteiger partial charge on any atom is 0.258 e. The summed E-state index contributed by atoms with van der Waals surface area (Å²) in [4.78, 5) is 25.9. The Labute approximate surface area is 101 Å². The number of carbonyl (C=O) groups is 2. The SMILES string of the molecule is C=C1CC(=O)c2ccccc2C(=O)N1C(C)C. The number of ketones is 1. The number of fused-ring (bicyclic) bond motifs is 1. The molecule has 3 nitrogen and oxygen atoms in total. The number of amides is 1. The summed E-state index contributed by atoms with van der Waals surface area (Å²) in [7, 11) is 0. The van der Waals surface area contributed by atoms with Crippen molar-refractivity contribution in [1.82, 2.24) is 4.90 Å². The standard InChI is InChI=1S/C14H15NO2/c1-9(2)15-10(3)8-13(16)11-6-4-5-7-12(11)14(15)17/h4-7,9H,3,8H2,1-2H3. The van der Waals surface area contributed by atoms with E-state index in [1.807, 2.05) is 13.8 Å². The number of carbonyl (C=O) groups excluding carboxylic acids is 2. The average molecular weight is 229 g/mol. The summed E-state index contributed by atoms with van der Waals surface area (Å²) in [5.74, 6) is -0.173. The number of rotatable bonds is 1. The maximum atomic E-state index is 12.3. The minimum absolute atomic E-state index is 0.00829. The molecule has 0 atom stereocenters. The number of hydrogen-bond donors (Lipinski definition) is 0. The lowest BCUT2D eigenvalue weighted by Gasteiger charge is -2.26. The lowest BCUT2D eigenvalue weighted by molar-refractivity contribution is 0.0768. The highest BCUT2D eigenvalue weighted by Gasteiger charge is 2.30. The fraction of sp³-hybridized carbons (Fsp3) is 0.286. The van der Waals surface area contributed by atoms with E-state index < -0.39 is 0 Å². The summed E-state index contributed by atoms with van der Waals surface area (Å²) in [6.07, 6.45) is 0.209. The van der Waals surface area contributed by atoms with E-state index in [1.165, 1.54) is 0 Å². The molecular formula is C14H15NO2. The normalized spacial score (nSPS) is 16.2. The van der Waals surface area contributed by atoms with E-state index in [1.54, 1.807) is 29.2 Å². The molecule has 0 aliphatic carbocycles. The number of benzene rings is 1. The highest BCUT2D eigenvalue weighted by atomic mass is 16.2. The molecule has 0 saturated heterocycles. The Morgan fingerprint density at radius 2 is 1.76 bits per heavy atom. The van der Waals surface area contributed by atoms with Crippen LogP contribution in [0.3, 0.4) is 0 Å². The smallest absolute Gasteiger partial charge is 0.258 e. The van der Waals surface area contributed by atoms with Crippen molar-refractivity contribution in [2.75, 3.05) is 0 Å². The number of nitrogens with zero attached hydrogens (tertiary/aromatic N) is 1. The molecule has 0 radical (unpaired) electrons. The Hall–Kier alpha value is -1.90. The molecule has 0 fully saturated rings. The Bertz CT molecular complexity index is 503. The minimum Gasteiger partial charge on any atom is -0.310 e. The molecule has 1 aliphatic heterocycles. The van der Waals surface area contributed by atoms with E-state index in [2.05, 4.69) is 6.58 Å². The van der Waals surface area contributed by atoms with Crippen LogP contribution >= 0.6 is 0 Å². The van der Waals surface area contributed by atoms with Gasteiger partial charge in [-0.2, -0.15) is 0 Å². The third-order valence-corrected chi connectivity index (χ3v) is 2.90. The summed E-state index contributed by atoms with van der Waals surface area (Å²) in [5.41, 5.74) is 1.55.